The summed E-state index contributed by atoms with van der Waals surface area (Å²) < 4.78 is 8.84. The predicted octanol–water partition coefficient (Wildman–Crippen LogP) is 18.5. The van der Waals surface area contributed by atoms with Crippen molar-refractivity contribution < 1.29 is 4.42 Å². The van der Waals surface area contributed by atoms with Gasteiger partial charge in [-0.1, -0.05) is 206 Å². The molecule has 3 nitrogen and oxygen atoms in total. The highest BCUT2D eigenvalue weighted by atomic mass is 16.3. The molecule has 13 aromatic rings. The molecule has 11 aromatic carbocycles. The van der Waals surface area contributed by atoms with Crippen molar-refractivity contribution in [2.45, 2.75) is 0 Å². The maximum absolute atomic E-state index is 6.44. The van der Waals surface area contributed by atoms with Crippen LogP contribution in [0.25, 0.3) is 105 Å². The fourth-order valence-corrected chi connectivity index (χ4v) is 10.3. The average molecular weight is 881 g/mol. The van der Waals surface area contributed by atoms with Gasteiger partial charge in [-0.2, -0.15) is 0 Å². The maximum atomic E-state index is 6.44. The van der Waals surface area contributed by atoms with Crippen LogP contribution in [0.2, 0.25) is 0 Å². The lowest BCUT2D eigenvalue weighted by molar-refractivity contribution is 0.670. The number of furan rings is 1. The lowest BCUT2D eigenvalue weighted by Gasteiger charge is -2.28. The van der Waals surface area contributed by atoms with E-state index in [0.29, 0.717) is 0 Å². The van der Waals surface area contributed by atoms with E-state index in [4.69, 9.17) is 4.42 Å². The van der Waals surface area contributed by atoms with Crippen LogP contribution in [0.5, 0.6) is 0 Å². The van der Waals surface area contributed by atoms with Gasteiger partial charge in [0, 0.05) is 49.6 Å². The van der Waals surface area contributed by atoms with Crippen LogP contribution < -0.4 is 4.90 Å². The van der Waals surface area contributed by atoms with Gasteiger partial charge < -0.3 is 13.9 Å². The van der Waals surface area contributed by atoms with Crippen molar-refractivity contribution in [2.75, 3.05) is 4.90 Å². The van der Waals surface area contributed by atoms with Gasteiger partial charge in [0.25, 0.3) is 0 Å². The predicted molar refractivity (Wildman–Crippen MR) is 290 cm³/mol. The van der Waals surface area contributed by atoms with Crippen LogP contribution in [0, 0.1) is 0 Å². The quantitative estimate of drug-likeness (QED) is 0.144. The number of benzene rings is 11. The Morgan fingerprint density at radius 3 is 1.46 bits per heavy atom. The summed E-state index contributed by atoms with van der Waals surface area (Å²) in [4.78, 5) is 2.38. The zero-order chi connectivity index (χ0) is 45.7. The lowest BCUT2D eigenvalue weighted by Crippen LogP contribution is -2.11. The van der Waals surface area contributed by atoms with Crippen LogP contribution in [-0.4, -0.2) is 4.57 Å². The third-order valence-electron chi connectivity index (χ3n) is 13.6. The first kappa shape index (κ1) is 40.1. The SMILES string of the molecule is c1ccc(-c2ccccc2N(c2ccc(-c3ccc(-c4ccccc4-n4c5ccccc5c5ccccc54)cc3)cc2)c2ccc(-c3cccc(-c4cccc5c4oc4ccccc45)c3)cc2)cc1. The second-order valence-corrected chi connectivity index (χ2v) is 17.6. The van der Waals surface area contributed by atoms with E-state index in [1.54, 1.807) is 0 Å². The Labute approximate surface area is 401 Å². The topological polar surface area (TPSA) is 21.3 Å². The van der Waals surface area contributed by atoms with E-state index in [0.717, 1.165) is 72.4 Å². The van der Waals surface area contributed by atoms with Crippen LogP contribution in [0.1, 0.15) is 0 Å². The average Bonchev–Trinajstić information content (AvgIpc) is 3.98. The molecule has 2 aromatic heterocycles. The van der Waals surface area contributed by atoms with Gasteiger partial charge in [0.1, 0.15) is 11.2 Å². The largest absolute Gasteiger partial charge is 0.455 e. The highest BCUT2D eigenvalue weighted by Crippen LogP contribution is 2.43. The Morgan fingerprint density at radius 1 is 0.290 bits per heavy atom. The van der Waals surface area contributed by atoms with Crippen molar-refractivity contribution in [1.82, 2.24) is 4.57 Å². The normalized spacial score (nSPS) is 11.5. The summed E-state index contributed by atoms with van der Waals surface area (Å²) in [5.74, 6) is 0. The van der Waals surface area contributed by atoms with Crippen molar-refractivity contribution in [3.05, 3.63) is 267 Å². The van der Waals surface area contributed by atoms with Crippen molar-refractivity contribution in [3.8, 4) is 61.3 Å². The van der Waals surface area contributed by atoms with Crippen LogP contribution in [0.15, 0.2) is 271 Å². The molecule has 3 heteroatoms. The van der Waals surface area contributed by atoms with E-state index in [1.165, 1.54) is 49.7 Å². The highest BCUT2D eigenvalue weighted by Gasteiger charge is 2.19. The minimum Gasteiger partial charge on any atom is -0.455 e. The number of aromatic nitrogens is 1. The van der Waals surface area contributed by atoms with E-state index in [1.807, 2.05) is 12.1 Å². The summed E-state index contributed by atoms with van der Waals surface area (Å²) in [7, 11) is 0. The molecule has 0 aliphatic heterocycles. The second-order valence-electron chi connectivity index (χ2n) is 17.6. The molecule has 0 atom stereocenters. The molecule has 0 fully saturated rings. The zero-order valence-corrected chi connectivity index (χ0v) is 37.7. The molecule has 0 bridgehead atoms. The Hall–Kier alpha value is -9.18. The summed E-state index contributed by atoms with van der Waals surface area (Å²) in [6.45, 7) is 0. The van der Waals surface area contributed by atoms with Crippen LogP contribution >= 0.6 is 0 Å². The smallest absolute Gasteiger partial charge is 0.143 e. The lowest BCUT2D eigenvalue weighted by atomic mass is 9.97. The standard InChI is InChI=1S/C66H44N2O/c1-2-16-48(17-3-1)54-20-4-9-27-61(54)67(53-42-38-47(39-43-53)50-18-14-19-51(44-50)56-25-15-26-60-59-24-8-13-31-65(59)69-66(56)60)52-40-36-46(37-41-52)45-32-34-49(35-33-45)55-21-5-10-28-62(55)68-63-29-11-6-22-57(63)58-23-7-12-30-64(58)68/h1-44H. The van der Waals surface area contributed by atoms with E-state index >= 15 is 0 Å². The first-order valence-corrected chi connectivity index (χ1v) is 23.6. The van der Waals surface area contributed by atoms with Crippen molar-refractivity contribution in [1.29, 1.82) is 0 Å². The van der Waals surface area contributed by atoms with Crippen molar-refractivity contribution in [3.63, 3.8) is 0 Å². The van der Waals surface area contributed by atoms with E-state index in [9.17, 15) is 0 Å². The minimum absolute atomic E-state index is 0.906. The molecule has 0 radical (unpaired) electrons. The van der Waals surface area contributed by atoms with Crippen LogP contribution in [-0.2, 0) is 0 Å². The van der Waals surface area contributed by atoms with Gasteiger partial charge in [-0.15, -0.1) is 0 Å². The maximum Gasteiger partial charge on any atom is 0.143 e. The van der Waals surface area contributed by atoms with Crippen LogP contribution in [0.4, 0.5) is 17.1 Å². The number of rotatable bonds is 9. The monoisotopic (exact) mass is 880 g/mol. The Kier molecular flexibility index (Phi) is 9.84. The molecule has 69 heavy (non-hydrogen) atoms. The van der Waals surface area contributed by atoms with Crippen molar-refractivity contribution >= 4 is 60.8 Å². The molecule has 0 saturated heterocycles. The van der Waals surface area contributed by atoms with Gasteiger partial charge in [-0.05, 0) is 99.6 Å². The third-order valence-corrected chi connectivity index (χ3v) is 13.6. The fourth-order valence-electron chi connectivity index (χ4n) is 10.3. The molecule has 13 rings (SSSR count). The molecule has 0 amide bonds. The number of nitrogens with zero attached hydrogens (tertiary/aromatic N) is 2. The summed E-state index contributed by atoms with van der Waals surface area (Å²) in [6, 6.07) is 96.0. The van der Waals surface area contributed by atoms with Gasteiger partial charge in [0.2, 0.25) is 0 Å². The van der Waals surface area contributed by atoms with Gasteiger partial charge in [0.05, 0.1) is 22.4 Å². The molecular formula is C66H44N2O. The van der Waals surface area contributed by atoms with Crippen LogP contribution in [0.3, 0.4) is 0 Å². The second kappa shape index (κ2) is 16.9. The van der Waals surface area contributed by atoms with Gasteiger partial charge in [-0.3, -0.25) is 0 Å². The number of hydrogen-bond acceptors (Lipinski definition) is 2. The molecule has 0 aliphatic rings. The Balaban J connectivity index is 0.841. The molecule has 2 heterocycles. The number of fused-ring (bicyclic) bond motifs is 6. The molecule has 0 N–H and O–H groups in total. The number of hydrogen-bond donors (Lipinski definition) is 0. The fraction of sp³-hybridized carbons (Fsp3) is 0. The van der Waals surface area contributed by atoms with Gasteiger partial charge in [0.15, 0.2) is 0 Å². The highest BCUT2D eigenvalue weighted by molar-refractivity contribution is 6.11. The third kappa shape index (κ3) is 7.08. The van der Waals surface area contributed by atoms with E-state index in [-0.39, 0.29) is 0 Å². The molecule has 0 saturated carbocycles. The Morgan fingerprint density at radius 2 is 0.754 bits per heavy atom. The molecule has 324 valence electrons. The van der Waals surface area contributed by atoms with Crippen molar-refractivity contribution in [2.24, 2.45) is 0 Å². The van der Waals surface area contributed by atoms with Gasteiger partial charge >= 0.3 is 0 Å². The molecule has 0 spiro atoms. The Bertz CT molecular complexity index is 3940. The van der Waals surface area contributed by atoms with E-state index < -0.39 is 0 Å². The number of anilines is 3. The molecule has 0 aliphatic carbocycles. The van der Waals surface area contributed by atoms with Gasteiger partial charge in [-0.25, -0.2) is 0 Å². The summed E-state index contributed by atoms with van der Waals surface area (Å²) in [5.41, 5.74) is 20.2. The first-order chi connectivity index (χ1) is 34.2. The molecule has 0 unspecified atom stereocenters. The first-order valence-electron chi connectivity index (χ1n) is 23.6. The summed E-state index contributed by atoms with van der Waals surface area (Å²) >= 11 is 0. The molecular weight excluding hydrogens is 837 g/mol. The number of para-hydroxylation sites is 6. The summed E-state index contributed by atoms with van der Waals surface area (Å²) in [6.07, 6.45) is 0. The van der Waals surface area contributed by atoms with E-state index in [2.05, 4.69) is 264 Å². The summed E-state index contributed by atoms with van der Waals surface area (Å²) in [5, 5.41) is 4.79. The minimum atomic E-state index is 0.906. The zero-order valence-electron chi connectivity index (χ0n) is 37.7.